The van der Waals surface area contributed by atoms with Crippen molar-refractivity contribution < 1.29 is 23.9 Å². The monoisotopic (exact) mass is 410 g/mol. The van der Waals surface area contributed by atoms with Gasteiger partial charge in [0.2, 0.25) is 5.91 Å². The van der Waals surface area contributed by atoms with E-state index in [1.54, 1.807) is 13.2 Å². The third-order valence-electron chi connectivity index (χ3n) is 5.38. The van der Waals surface area contributed by atoms with Gasteiger partial charge in [0.05, 0.1) is 24.7 Å². The summed E-state index contributed by atoms with van der Waals surface area (Å²) in [7, 11) is 1.62. The molecule has 0 aliphatic carbocycles. The van der Waals surface area contributed by atoms with Gasteiger partial charge < -0.3 is 19.1 Å². The number of nitrogens with zero attached hydrogens (tertiary/aromatic N) is 2. The molecule has 1 fully saturated rings. The van der Waals surface area contributed by atoms with Gasteiger partial charge in [0.15, 0.2) is 6.79 Å². The van der Waals surface area contributed by atoms with Crippen LogP contribution in [0, 0.1) is 10.1 Å². The molecule has 8 nitrogen and oxygen atoms in total. The van der Waals surface area contributed by atoms with E-state index in [2.05, 4.69) is 0 Å². The Morgan fingerprint density at radius 2 is 2.10 bits per heavy atom. The van der Waals surface area contributed by atoms with Gasteiger partial charge in [-0.15, -0.1) is 0 Å². The molecule has 0 aromatic heterocycles. The number of likely N-dealkylation sites (tertiary alicyclic amines) is 1. The second kappa shape index (κ2) is 8.54. The van der Waals surface area contributed by atoms with Crippen LogP contribution >= 0.6 is 0 Å². The number of ether oxygens (including phenoxy) is 3. The smallest absolute Gasteiger partial charge is 0.270 e. The van der Waals surface area contributed by atoms with Crippen LogP contribution in [0.15, 0.2) is 42.5 Å². The average molecular weight is 410 g/mol. The summed E-state index contributed by atoms with van der Waals surface area (Å²) in [6.07, 6.45) is 4.85. The molecule has 0 bridgehead atoms. The highest BCUT2D eigenvalue weighted by Crippen LogP contribution is 2.35. The predicted octanol–water partition coefficient (Wildman–Crippen LogP) is 3.85. The van der Waals surface area contributed by atoms with Gasteiger partial charge in [0.1, 0.15) is 11.5 Å². The number of hydrogen-bond donors (Lipinski definition) is 0. The number of carbonyl (C=O) groups is 1. The first-order valence-electron chi connectivity index (χ1n) is 9.71. The van der Waals surface area contributed by atoms with E-state index in [4.69, 9.17) is 14.2 Å². The number of nitro benzene ring substituents is 1. The molecule has 2 aromatic rings. The average Bonchev–Trinajstić information content (AvgIpc) is 3.27. The molecule has 0 radical (unpaired) electrons. The number of methoxy groups -OCH3 is 1. The fourth-order valence-electron chi connectivity index (χ4n) is 3.92. The number of rotatable bonds is 5. The van der Waals surface area contributed by atoms with Crippen LogP contribution in [0.3, 0.4) is 0 Å². The minimum Gasteiger partial charge on any atom is -0.497 e. The van der Waals surface area contributed by atoms with Crippen LogP contribution in [0.4, 0.5) is 5.69 Å². The Balaban J connectivity index is 1.57. The maximum absolute atomic E-state index is 12.9. The van der Waals surface area contributed by atoms with Crippen molar-refractivity contribution in [2.24, 2.45) is 0 Å². The van der Waals surface area contributed by atoms with E-state index in [0.29, 0.717) is 23.4 Å². The Hall–Kier alpha value is -3.39. The largest absolute Gasteiger partial charge is 0.497 e. The van der Waals surface area contributed by atoms with E-state index in [1.807, 2.05) is 29.2 Å². The normalized spacial score (nSPS) is 18.2. The van der Waals surface area contributed by atoms with Crippen molar-refractivity contribution in [1.29, 1.82) is 0 Å². The van der Waals surface area contributed by atoms with Gasteiger partial charge in [-0.25, -0.2) is 0 Å². The molecule has 0 N–H and O–H groups in total. The molecule has 2 aliphatic heterocycles. The highest BCUT2D eigenvalue weighted by Gasteiger charge is 2.29. The molecule has 1 unspecified atom stereocenters. The first kappa shape index (κ1) is 19.9. The molecule has 2 heterocycles. The molecule has 0 spiro atoms. The minimum absolute atomic E-state index is 0.00303. The Morgan fingerprint density at radius 1 is 1.30 bits per heavy atom. The Labute approximate surface area is 173 Å². The van der Waals surface area contributed by atoms with Gasteiger partial charge >= 0.3 is 0 Å². The van der Waals surface area contributed by atoms with Crippen molar-refractivity contribution in [2.45, 2.75) is 25.5 Å². The number of hydrogen-bond acceptors (Lipinski definition) is 6. The third kappa shape index (κ3) is 3.99. The highest BCUT2D eigenvalue weighted by molar-refractivity contribution is 5.93. The highest BCUT2D eigenvalue weighted by atomic mass is 16.7. The summed E-state index contributed by atoms with van der Waals surface area (Å²) >= 11 is 0. The van der Waals surface area contributed by atoms with Gasteiger partial charge in [-0.3, -0.25) is 14.9 Å². The summed E-state index contributed by atoms with van der Waals surface area (Å²) in [5, 5.41) is 11.2. The Bertz CT molecular complexity index is 986. The van der Waals surface area contributed by atoms with Crippen molar-refractivity contribution in [3.63, 3.8) is 0 Å². The zero-order valence-electron chi connectivity index (χ0n) is 16.6. The number of fused-ring (bicyclic) bond motifs is 1. The van der Waals surface area contributed by atoms with E-state index < -0.39 is 4.92 Å². The van der Waals surface area contributed by atoms with Gasteiger partial charge in [-0.2, -0.15) is 0 Å². The quantitative estimate of drug-likeness (QED) is 0.422. The first-order chi connectivity index (χ1) is 14.6. The van der Waals surface area contributed by atoms with Gasteiger partial charge in [0, 0.05) is 35.9 Å². The summed E-state index contributed by atoms with van der Waals surface area (Å²) in [5.41, 5.74) is 2.09. The van der Waals surface area contributed by atoms with Crippen LogP contribution in [-0.2, 0) is 16.1 Å². The summed E-state index contributed by atoms with van der Waals surface area (Å²) in [4.78, 5) is 25.5. The Kier molecular flexibility index (Phi) is 5.67. The number of nitro groups is 1. The van der Waals surface area contributed by atoms with Crippen LogP contribution in [0.5, 0.6) is 11.5 Å². The van der Waals surface area contributed by atoms with Crippen molar-refractivity contribution in [3.05, 3.63) is 69.3 Å². The predicted molar refractivity (Wildman–Crippen MR) is 109 cm³/mol. The van der Waals surface area contributed by atoms with E-state index in [-0.39, 0.29) is 31.0 Å². The molecule has 156 valence electrons. The third-order valence-corrected chi connectivity index (χ3v) is 5.38. The first-order valence-corrected chi connectivity index (χ1v) is 9.71. The SMILES string of the molecule is COc1ccc(C2CCCN2C(=O)/C=C/c2cc([N+](=O)[O-])cc3c2OCOC3)cc1. The molecule has 1 amide bonds. The van der Waals surface area contributed by atoms with Crippen LogP contribution in [0.25, 0.3) is 6.08 Å². The van der Waals surface area contributed by atoms with Crippen molar-refractivity contribution in [2.75, 3.05) is 20.4 Å². The molecule has 30 heavy (non-hydrogen) atoms. The zero-order valence-corrected chi connectivity index (χ0v) is 16.6. The maximum Gasteiger partial charge on any atom is 0.270 e. The van der Waals surface area contributed by atoms with Crippen LogP contribution < -0.4 is 9.47 Å². The lowest BCUT2D eigenvalue weighted by molar-refractivity contribution is -0.385. The van der Waals surface area contributed by atoms with E-state index in [0.717, 1.165) is 24.2 Å². The van der Waals surface area contributed by atoms with Crippen LogP contribution in [0.2, 0.25) is 0 Å². The lowest BCUT2D eigenvalue weighted by atomic mass is 10.0. The number of non-ortho nitro benzene ring substituents is 1. The van der Waals surface area contributed by atoms with E-state index in [1.165, 1.54) is 18.2 Å². The molecular weight excluding hydrogens is 388 g/mol. The zero-order chi connectivity index (χ0) is 21.1. The topological polar surface area (TPSA) is 91.1 Å². The molecule has 2 aromatic carbocycles. The van der Waals surface area contributed by atoms with E-state index >= 15 is 0 Å². The maximum atomic E-state index is 12.9. The Morgan fingerprint density at radius 3 is 2.83 bits per heavy atom. The lowest BCUT2D eigenvalue weighted by Gasteiger charge is -2.24. The van der Waals surface area contributed by atoms with Crippen molar-refractivity contribution in [1.82, 2.24) is 4.90 Å². The van der Waals surface area contributed by atoms with E-state index in [9.17, 15) is 14.9 Å². The van der Waals surface area contributed by atoms with Crippen molar-refractivity contribution >= 4 is 17.7 Å². The van der Waals surface area contributed by atoms with Crippen LogP contribution in [0.1, 0.15) is 35.6 Å². The number of amides is 1. The molecule has 0 saturated carbocycles. The second-order valence-electron chi connectivity index (χ2n) is 7.19. The van der Waals surface area contributed by atoms with Gasteiger partial charge in [-0.1, -0.05) is 12.1 Å². The number of carbonyl (C=O) groups excluding carboxylic acids is 1. The standard InChI is InChI=1S/C22H22N2O6/c1-28-19-7-4-15(5-8-19)20-3-2-10-23(20)21(25)9-6-16-11-18(24(26)27)12-17-13-29-14-30-22(16)17/h4-9,11-12,20H,2-3,10,13-14H2,1H3/b9-6+. The summed E-state index contributed by atoms with van der Waals surface area (Å²) in [6.45, 7) is 0.972. The minimum atomic E-state index is -0.464. The summed E-state index contributed by atoms with van der Waals surface area (Å²) in [6, 6.07) is 10.6. The molecule has 8 heteroatoms. The van der Waals surface area contributed by atoms with Gasteiger partial charge in [-0.05, 0) is 36.6 Å². The van der Waals surface area contributed by atoms with Gasteiger partial charge in [0.25, 0.3) is 5.69 Å². The molecule has 4 rings (SSSR count). The molecule has 1 saturated heterocycles. The second-order valence-corrected chi connectivity index (χ2v) is 7.19. The number of benzene rings is 2. The summed E-state index contributed by atoms with van der Waals surface area (Å²) in [5.74, 6) is 1.15. The van der Waals surface area contributed by atoms with Crippen molar-refractivity contribution in [3.8, 4) is 11.5 Å². The fraction of sp³-hybridized carbons (Fsp3) is 0.318. The van der Waals surface area contributed by atoms with Crippen LogP contribution in [-0.4, -0.2) is 36.2 Å². The molecule has 1 atom stereocenters. The molecular formula is C22H22N2O6. The lowest BCUT2D eigenvalue weighted by Crippen LogP contribution is -2.28. The molecule has 2 aliphatic rings. The summed E-state index contributed by atoms with van der Waals surface area (Å²) < 4.78 is 16.0. The fourth-order valence-corrected chi connectivity index (χ4v) is 3.92.